The van der Waals surface area contributed by atoms with Gasteiger partial charge in [-0.15, -0.1) is 0 Å². The van der Waals surface area contributed by atoms with Crippen LogP contribution < -0.4 is 10.2 Å². The van der Waals surface area contributed by atoms with E-state index in [0.717, 1.165) is 11.6 Å². The van der Waals surface area contributed by atoms with Crippen LogP contribution in [0, 0.1) is 0 Å². The molecule has 4 rings (SSSR count). The third-order valence-electron chi connectivity index (χ3n) is 4.72. The highest BCUT2D eigenvalue weighted by molar-refractivity contribution is 5.90. The Morgan fingerprint density at radius 1 is 1.08 bits per heavy atom. The van der Waals surface area contributed by atoms with E-state index < -0.39 is 0 Å². The summed E-state index contributed by atoms with van der Waals surface area (Å²) in [6.07, 6.45) is 6.50. The molecule has 2 amide bonds. The van der Waals surface area contributed by atoms with Crippen LogP contribution in [-0.2, 0) is 9.59 Å². The number of carbonyl (C=O) groups excluding carboxylic acids is 2. The Balaban J connectivity index is 1.40. The summed E-state index contributed by atoms with van der Waals surface area (Å²) in [4.78, 5) is 36.4. The van der Waals surface area contributed by atoms with Gasteiger partial charge in [0.15, 0.2) is 0 Å². The van der Waals surface area contributed by atoms with Crippen LogP contribution >= 0.6 is 0 Å². The molecule has 1 atom stereocenters. The van der Waals surface area contributed by atoms with Crippen molar-refractivity contribution < 1.29 is 9.59 Å². The van der Waals surface area contributed by atoms with Crippen LogP contribution in [0.4, 0.5) is 5.82 Å². The smallest absolute Gasteiger partial charge is 0.245 e. The highest BCUT2D eigenvalue weighted by atomic mass is 16.2. The normalized spacial score (nSPS) is 20.6. The summed E-state index contributed by atoms with van der Waals surface area (Å²) in [5, 5.41) is 2.75. The number of carbonyl (C=O) groups is 2. The lowest BCUT2D eigenvalue weighted by Gasteiger charge is -2.36. The molecule has 0 saturated carbocycles. The zero-order chi connectivity index (χ0) is 17.2. The molecular weight excluding hydrogens is 320 g/mol. The van der Waals surface area contributed by atoms with Crippen LogP contribution in [0.5, 0.6) is 0 Å². The summed E-state index contributed by atoms with van der Waals surface area (Å²) in [7, 11) is 0. The highest BCUT2D eigenvalue weighted by Gasteiger charge is 2.32. The van der Waals surface area contributed by atoms with Gasteiger partial charge in [0, 0.05) is 51.1 Å². The fourth-order valence-corrected chi connectivity index (χ4v) is 3.31. The van der Waals surface area contributed by atoms with Crippen molar-refractivity contribution in [1.82, 2.24) is 24.8 Å². The minimum atomic E-state index is -0.349. The first-order valence-electron chi connectivity index (χ1n) is 8.49. The molecule has 4 heterocycles. The molecule has 2 aliphatic rings. The molecule has 2 aromatic rings. The molecule has 2 saturated heterocycles. The second-order valence-corrected chi connectivity index (χ2v) is 6.30. The quantitative estimate of drug-likeness (QED) is 0.863. The Bertz CT molecular complexity index is 767. The van der Waals surface area contributed by atoms with Crippen molar-refractivity contribution >= 4 is 17.6 Å². The van der Waals surface area contributed by atoms with E-state index >= 15 is 0 Å². The van der Waals surface area contributed by atoms with Crippen molar-refractivity contribution in [1.29, 1.82) is 0 Å². The fraction of sp³-hybridized carbons (Fsp3) is 0.412. The topological polar surface area (TPSA) is 83.4 Å². The average Bonchev–Trinajstić information content (AvgIpc) is 3.33. The average molecular weight is 340 g/mol. The van der Waals surface area contributed by atoms with Gasteiger partial charge in [0.05, 0.1) is 0 Å². The van der Waals surface area contributed by atoms with E-state index in [1.165, 1.54) is 0 Å². The van der Waals surface area contributed by atoms with Gasteiger partial charge in [-0.2, -0.15) is 0 Å². The number of amides is 2. The van der Waals surface area contributed by atoms with Gasteiger partial charge in [0.2, 0.25) is 11.8 Å². The molecular formula is C17H20N6O2. The van der Waals surface area contributed by atoms with E-state index in [2.05, 4.69) is 20.2 Å². The van der Waals surface area contributed by atoms with Crippen LogP contribution in [0.3, 0.4) is 0 Å². The van der Waals surface area contributed by atoms with Gasteiger partial charge >= 0.3 is 0 Å². The Morgan fingerprint density at radius 2 is 1.80 bits per heavy atom. The van der Waals surface area contributed by atoms with Crippen LogP contribution in [0.2, 0.25) is 0 Å². The molecule has 2 aliphatic heterocycles. The highest BCUT2D eigenvalue weighted by Crippen LogP contribution is 2.17. The molecule has 0 unspecified atom stereocenters. The first kappa shape index (κ1) is 15.6. The second kappa shape index (κ2) is 6.54. The standard InChI is InChI=1S/C17H20N6O2/c24-16-4-3-13(20-16)17(25)23-9-7-22(8-10-23)15-11-14(18-12-19-15)21-5-1-2-6-21/h1-2,5-6,11-13H,3-4,7-10H2,(H,20,24)/t13-/m1/s1. The van der Waals surface area contributed by atoms with E-state index in [0.29, 0.717) is 39.0 Å². The van der Waals surface area contributed by atoms with Gasteiger partial charge < -0.3 is 19.7 Å². The van der Waals surface area contributed by atoms with Crippen molar-refractivity contribution in [3.8, 4) is 5.82 Å². The Labute approximate surface area is 145 Å². The molecule has 0 aromatic carbocycles. The SMILES string of the molecule is O=C1CC[C@H](C(=O)N2CCN(c3cc(-n4cccc4)ncn3)CC2)N1. The number of piperazine rings is 1. The van der Waals surface area contributed by atoms with Crippen molar-refractivity contribution in [2.45, 2.75) is 18.9 Å². The van der Waals surface area contributed by atoms with E-state index in [9.17, 15) is 9.59 Å². The number of rotatable bonds is 3. The summed E-state index contributed by atoms with van der Waals surface area (Å²) in [5.74, 6) is 1.68. The van der Waals surface area contributed by atoms with Gasteiger partial charge in [-0.1, -0.05) is 0 Å². The number of nitrogens with zero attached hydrogens (tertiary/aromatic N) is 5. The third-order valence-corrected chi connectivity index (χ3v) is 4.72. The molecule has 2 fully saturated rings. The minimum Gasteiger partial charge on any atom is -0.353 e. The van der Waals surface area contributed by atoms with Crippen molar-refractivity contribution in [3.63, 3.8) is 0 Å². The van der Waals surface area contributed by atoms with Crippen LogP contribution in [-0.4, -0.2) is 63.5 Å². The second-order valence-electron chi connectivity index (χ2n) is 6.30. The van der Waals surface area contributed by atoms with Gasteiger partial charge in [-0.05, 0) is 18.6 Å². The maximum absolute atomic E-state index is 12.5. The Morgan fingerprint density at radius 3 is 2.48 bits per heavy atom. The lowest BCUT2D eigenvalue weighted by molar-refractivity contribution is -0.134. The van der Waals surface area contributed by atoms with Gasteiger partial charge in [-0.25, -0.2) is 9.97 Å². The molecule has 8 heteroatoms. The molecule has 130 valence electrons. The van der Waals surface area contributed by atoms with E-state index in [-0.39, 0.29) is 17.9 Å². The summed E-state index contributed by atoms with van der Waals surface area (Å²) < 4.78 is 1.94. The Hall–Kier alpha value is -2.90. The molecule has 0 aliphatic carbocycles. The maximum Gasteiger partial charge on any atom is 0.245 e. The van der Waals surface area contributed by atoms with Crippen LogP contribution in [0.15, 0.2) is 36.9 Å². The van der Waals surface area contributed by atoms with Crippen molar-refractivity contribution in [3.05, 3.63) is 36.9 Å². The molecule has 0 spiro atoms. The van der Waals surface area contributed by atoms with Gasteiger partial charge in [0.1, 0.15) is 24.0 Å². The zero-order valence-corrected chi connectivity index (χ0v) is 13.8. The lowest BCUT2D eigenvalue weighted by atomic mass is 10.2. The Kier molecular flexibility index (Phi) is 4.09. The van der Waals surface area contributed by atoms with E-state index in [1.807, 2.05) is 40.1 Å². The monoisotopic (exact) mass is 340 g/mol. The van der Waals surface area contributed by atoms with Crippen LogP contribution in [0.1, 0.15) is 12.8 Å². The maximum atomic E-state index is 12.5. The zero-order valence-electron chi connectivity index (χ0n) is 13.8. The summed E-state index contributed by atoms with van der Waals surface area (Å²) in [5.41, 5.74) is 0. The predicted octanol–water partition coefficient (Wildman–Crippen LogP) is 0.195. The first-order chi connectivity index (χ1) is 12.2. The summed E-state index contributed by atoms with van der Waals surface area (Å²) in [6.45, 7) is 2.70. The molecule has 8 nitrogen and oxygen atoms in total. The summed E-state index contributed by atoms with van der Waals surface area (Å²) in [6, 6.07) is 5.51. The summed E-state index contributed by atoms with van der Waals surface area (Å²) >= 11 is 0. The van der Waals surface area contributed by atoms with Crippen LogP contribution in [0.25, 0.3) is 5.82 Å². The third kappa shape index (κ3) is 3.19. The minimum absolute atomic E-state index is 0.0289. The van der Waals surface area contributed by atoms with Crippen molar-refractivity contribution in [2.75, 3.05) is 31.1 Å². The van der Waals surface area contributed by atoms with Gasteiger partial charge in [-0.3, -0.25) is 9.59 Å². The van der Waals surface area contributed by atoms with E-state index in [4.69, 9.17) is 0 Å². The fourth-order valence-electron chi connectivity index (χ4n) is 3.31. The number of nitrogens with one attached hydrogen (secondary N) is 1. The molecule has 0 bridgehead atoms. The first-order valence-corrected chi connectivity index (χ1v) is 8.49. The predicted molar refractivity (Wildman–Crippen MR) is 91.3 cm³/mol. The molecule has 2 aromatic heterocycles. The van der Waals surface area contributed by atoms with E-state index in [1.54, 1.807) is 6.33 Å². The lowest BCUT2D eigenvalue weighted by Crippen LogP contribution is -2.53. The number of anilines is 1. The molecule has 0 radical (unpaired) electrons. The van der Waals surface area contributed by atoms with Crippen molar-refractivity contribution in [2.24, 2.45) is 0 Å². The number of hydrogen-bond acceptors (Lipinski definition) is 5. The number of aromatic nitrogens is 3. The molecule has 25 heavy (non-hydrogen) atoms. The largest absolute Gasteiger partial charge is 0.353 e. The number of hydrogen-bond donors (Lipinski definition) is 1. The molecule has 1 N–H and O–H groups in total. The van der Waals surface area contributed by atoms with Gasteiger partial charge in [0.25, 0.3) is 0 Å².